The van der Waals surface area contributed by atoms with Crippen molar-refractivity contribution in [2.45, 2.75) is 27.2 Å². The zero-order valence-electron chi connectivity index (χ0n) is 8.43. The summed E-state index contributed by atoms with van der Waals surface area (Å²) in [4.78, 5) is 0. The summed E-state index contributed by atoms with van der Waals surface area (Å²) in [7, 11) is 0. The summed E-state index contributed by atoms with van der Waals surface area (Å²) in [6, 6.07) is 0. The molecule has 0 saturated heterocycles. The Kier molecular flexibility index (Phi) is 8.51. The molecule has 0 atom stereocenters. The molecular weight excluding hydrogens is 152 g/mol. The van der Waals surface area contributed by atoms with Crippen LogP contribution >= 0.6 is 0 Å². The third-order valence-corrected chi connectivity index (χ3v) is 1.46. The number of hydrogen-bond donors (Lipinski definition) is 0. The van der Waals surface area contributed by atoms with E-state index in [0.29, 0.717) is 13.2 Å². The summed E-state index contributed by atoms with van der Waals surface area (Å²) >= 11 is 0. The molecule has 0 amide bonds. The Morgan fingerprint density at radius 1 is 1.17 bits per heavy atom. The molecule has 0 aliphatic heterocycles. The standard InChI is InChI=1S/C10H20O2/c1-4-6-10(3)9-12-8-7-11-5-2/h6H,4-5,7-9H2,1-3H3. The summed E-state index contributed by atoms with van der Waals surface area (Å²) in [5, 5.41) is 0. The van der Waals surface area contributed by atoms with Crippen LogP contribution in [0.1, 0.15) is 27.2 Å². The first-order valence-electron chi connectivity index (χ1n) is 4.62. The van der Waals surface area contributed by atoms with Crippen molar-refractivity contribution in [2.75, 3.05) is 26.4 Å². The van der Waals surface area contributed by atoms with Crippen LogP contribution in [0.4, 0.5) is 0 Å². The van der Waals surface area contributed by atoms with Crippen LogP contribution in [0.25, 0.3) is 0 Å². The smallest absolute Gasteiger partial charge is 0.0704 e. The van der Waals surface area contributed by atoms with E-state index in [0.717, 1.165) is 19.6 Å². The molecular formula is C10H20O2. The Hall–Kier alpha value is -0.340. The number of allylic oxidation sites excluding steroid dienone is 1. The van der Waals surface area contributed by atoms with Gasteiger partial charge in [-0.15, -0.1) is 0 Å². The van der Waals surface area contributed by atoms with Crippen molar-refractivity contribution >= 4 is 0 Å². The highest BCUT2D eigenvalue weighted by Crippen LogP contribution is 1.95. The molecule has 0 bridgehead atoms. The van der Waals surface area contributed by atoms with Gasteiger partial charge in [0.25, 0.3) is 0 Å². The predicted octanol–water partition coefficient (Wildman–Crippen LogP) is 2.40. The quantitative estimate of drug-likeness (QED) is 0.433. The maximum absolute atomic E-state index is 5.36. The van der Waals surface area contributed by atoms with Crippen molar-refractivity contribution < 1.29 is 9.47 Å². The largest absolute Gasteiger partial charge is 0.379 e. The number of hydrogen-bond acceptors (Lipinski definition) is 2. The fourth-order valence-electron chi connectivity index (χ4n) is 0.903. The van der Waals surface area contributed by atoms with E-state index in [1.807, 2.05) is 6.92 Å². The summed E-state index contributed by atoms with van der Waals surface area (Å²) < 4.78 is 10.5. The Balaban J connectivity index is 3.14. The lowest BCUT2D eigenvalue weighted by Gasteiger charge is -2.03. The zero-order valence-corrected chi connectivity index (χ0v) is 8.43. The lowest BCUT2D eigenvalue weighted by atomic mass is 10.3. The van der Waals surface area contributed by atoms with Crippen LogP contribution < -0.4 is 0 Å². The lowest BCUT2D eigenvalue weighted by Crippen LogP contribution is -2.05. The minimum atomic E-state index is 0.697. The monoisotopic (exact) mass is 172 g/mol. The summed E-state index contributed by atoms with van der Waals surface area (Å²) in [5.41, 5.74) is 1.30. The van der Waals surface area contributed by atoms with E-state index >= 15 is 0 Å². The fourth-order valence-corrected chi connectivity index (χ4v) is 0.903. The van der Waals surface area contributed by atoms with Gasteiger partial charge in [-0.05, 0) is 20.3 Å². The van der Waals surface area contributed by atoms with Gasteiger partial charge in [-0.3, -0.25) is 0 Å². The second kappa shape index (κ2) is 8.75. The molecule has 0 heterocycles. The van der Waals surface area contributed by atoms with Gasteiger partial charge in [0.1, 0.15) is 0 Å². The van der Waals surface area contributed by atoms with Gasteiger partial charge in [-0.2, -0.15) is 0 Å². The maximum atomic E-state index is 5.36. The molecule has 0 aliphatic rings. The third kappa shape index (κ3) is 7.76. The predicted molar refractivity (Wildman–Crippen MR) is 51.4 cm³/mol. The second-order valence-corrected chi connectivity index (χ2v) is 2.71. The molecule has 12 heavy (non-hydrogen) atoms. The van der Waals surface area contributed by atoms with E-state index in [9.17, 15) is 0 Å². The summed E-state index contributed by atoms with van der Waals surface area (Å²) in [6.45, 7) is 9.11. The maximum Gasteiger partial charge on any atom is 0.0704 e. The van der Waals surface area contributed by atoms with Crippen molar-refractivity contribution in [1.29, 1.82) is 0 Å². The molecule has 0 aromatic rings. The Labute approximate surface area is 75.6 Å². The highest BCUT2D eigenvalue weighted by atomic mass is 16.5. The Morgan fingerprint density at radius 3 is 2.42 bits per heavy atom. The highest BCUT2D eigenvalue weighted by Gasteiger charge is 1.89. The minimum absolute atomic E-state index is 0.697. The molecule has 72 valence electrons. The van der Waals surface area contributed by atoms with Gasteiger partial charge < -0.3 is 9.47 Å². The van der Waals surface area contributed by atoms with Gasteiger partial charge in [0.2, 0.25) is 0 Å². The van der Waals surface area contributed by atoms with Crippen molar-refractivity contribution in [3.05, 3.63) is 11.6 Å². The molecule has 0 aliphatic carbocycles. The van der Waals surface area contributed by atoms with Gasteiger partial charge in [0, 0.05) is 6.61 Å². The average molecular weight is 172 g/mol. The van der Waals surface area contributed by atoms with Gasteiger partial charge in [-0.1, -0.05) is 18.6 Å². The van der Waals surface area contributed by atoms with E-state index in [1.165, 1.54) is 5.57 Å². The fraction of sp³-hybridized carbons (Fsp3) is 0.800. The first-order valence-corrected chi connectivity index (χ1v) is 4.62. The number of ether oxygens (including phenoxy) is 2. The van der Waals surface area contributed by atoms with Gasteiger partial charge >= 0.3 is 0 Å². The van der Waals surface area contributed by atoms with Crippen LogP contribution in [-0.2, 0) is 9.47 Å². The van der Waals surface area contributed by atoms with Crippen LogP contribution in [0.5, 0.6) is 0 Å². The molecule has 0 saturated carbocycles. The van der Waals surface area contributed by atoms with Crippen molar-refractivity contribution in [1.82, 2.24) is 0 Å². The molecule has 0 aromatic carbocycles. The highest BCUT2D eigenvalue weighted by molar-refractivity contribution is 4.97. The average Bonchev–Trinajstić information content (AvgIpc) is 2.05. The van der Waals surface area contributed by atoms with Crippen LogP contribution in [0, 0.1) is 0 Å². The third-order valence-electron chi connectivity index (χ3n) is 1.46. The first kappa shape index (κ1) is 11.7. The molecule has 0 N–H and O–H groups in total. The normalized spacial score (nSPS) is 12.1. The molecule has 0 fully saturated rings. The lowest BCUT2D eigenvalue weighted by molar-refractivity contribution is 0.0620. The van der Waals surface area contributed by atoms with E-state index in [4.69, 9.17) is 9.47 Å². The Bertz CT molecular complexity index is 119. The van der Waals surface area contributed by atoms with Gasteiger partial charge in [0.05, 0.1) is 19.8 Å². The number of rotatable bonds is 7. The molecule has 0 radical (unpaired) electrons. The second-order valence-electron chi connectivity index (χ2n) is 2.71. The van der Waals surface area contributed by atoms with Crippen LogP contribution in [-0.4, -0.2) is 26.4 Å². The Morgan fingerprint density at radius 2 is 1.83 bits per heavy atom. The summed E-state index contributed by atoms with van der Waals surface area (Å²) in [5.74, 6) is 0. The topological polar surface area (TPSA) is 18.5 Å². The van der Waals surface area contributed by atoms with Crippen molar-refractivity contribution in [2.24, 2.45) is 0 Å². The molecule has 2 heteroatoms. The molecule has 0 unspecified atom stereocenters. The van der Waals surface area contributed by atoms with Gasteiger partial charge in [-0.25, -0.2) is 0 Å². The minimum Gasteiger partial charge on any atom is -0.379 e. The van der Waals surface area contributed by atoms with E-state index < -0.39 is 0 Å². The molecule has 0 aromatic heterocycles. The SMILES string of the molecule is CCC=C(C)COCCOCC. The van der Waals surface area contributed by atoms with Crippen LogP contribution in [0.3, 0.4) is 0 Å². The molecule has 2 nitrogen and oxygen atoms in total. The van der Waals surface area contributed by atoms with Gasteiger partial charge in [0.15, 0.2) is 0 Å². The van der Waals surface area contributed by atoms with E-state index in [2.05, 4.69) is 19.9 Å². The summed E-state index contributed by atoms with van der Waals surface area (Å²) in [6.07, 6.45) is 3.27. The van der Waals surface area contributed by atoms with E-state index in [1.54, 1.807) is 0 Å². The molecule has 0 rings (SSSR count). The van der Waals surface area contributed by atoms with Crippen molar-refractivity contribution in [3.63, 3.8) is 0 Å². The molecule has 0 spiro atoms. The van der Waals surface area contributed by atoms with Crippen LogP contribution in [0.2, 0.25) is 0 Å². The zero-order chi connectivity index (χ0) is 9.23. The van der Waals surface area contributed by atoms with Crippen LogP contribution in [0.15, 0.2) is 11.6 Å². The van der Waals surface area contributed by atoms with E-state index in [-0.39, 0.29) is 0 Å². The van der Waals surface area contributed by atoms with Crippen molar-refractivity contribution in [3.8, 4) is 0 Å². The first-order chi connectivity index (χ1) is 5.81.